The summed E-state index contributed by atoms with van der Waals surface area (Å²) < 4.78 is 53.1. The average Bonchev–Trinajstić information content (AvgIpc) is 3.08. The molecule has 1 aromatic carbocycles. The van der Waals surface area contributed by atoms with Gasteiger partial charge < -0.3 is 4.90 Å². The van der Waals surface area contributed by atoms with Crippen LogP contribution >= 0.6 is 11.6 Å². The Hall–Kier alpha value is -2.04. The van der Waals surface area contributed by atoms with Gasteiger partial charge >= 0.3 is 6.55 Å². The van der Waals surface area contributed by atoms with Gasteiger partial charge in [-0.1, -0.05) is 11.6 Å². The highest BCUT2D eigenvalue weighted by Gasteiger charge is 2.26. The summed E-state index contributed by atoms with van der Waals surface area (Å²) in [6.45, 7) is 0.455. The van der Waals surface area contributed by atoms with Crippen LogP contribution in [0.25, 0.3) is 0 Å². The third-order valence-corrected chi connectivity index (χ3v) is 6.62. The van der Waals surface area contributed by atoms with Crippen LogP contribution in [0.3, 0.4) is 0 Å². The van der Waals surface area contributed by atoms with Gasteiger partial charge in [0.1, 0.15) is 5.82 Å². The van der Waals surface area contributed by atoms with Crippen molar-refractivity contribution < 1.29 is 22.0 Å². The van der Waals surface area contributed by atoms with Crippen LogP contribution in [-0.2, 0) is 16.6 Å². The second-order valence-corrected chi connectivity index (χ2v) is 8.85. The van der Waals surface area contributed by atoms with E-state index < -0.39 is 22.5 Å². The SMILES string of the molecule is CC(C)N(C)S(=O)(=O)c1ccc(Cl)c(C(=O)N(C)Cc2nccn2C(F)F)c1. The number of amides is 1. The van der Waals surface area contributed by atoms with Crippen molar-refractivity contribution in [3.05, 3.63) is 47.0 Å². The molecule has 7 nitrogen and oxygen atoms in total. The number of sulfonamides is 1. The fourth-order valence-electron chi connectivity index (χ4n) is 2.41. The molecule has 0 aliphatic rings. The van der Waals surface area contributed by atoms with Gasteiger partial charge in [0.25, 0.3) is 5.91 Å². The maximum atomic E-state index is 13.0. The molecule has 1 amide bonds. The summed E-state index contributed by atoms with van der Waals surface area (Å²) in [6.07, 6.45) is 2.32. The summed E-state index contributed by atoms with van der Waals surface area (Å²) in [6, 6.07) is 3.55. The Morgan fingerprint density at radius 1 is 1.29 bits per heavy atom. The normalized spacial score (nSPS) is 12.2. The minimum absolute atomic E-state index is 0.00899. The lowest BCUT2D eigenvalue weighted by Crippen LogP contribution is -2.33. The number of halogens is 3. The van der Waals surface area contributed by atoms with E-state index in [1.54, 1.807) is 13.8 Å². The van der Waals surface area contributed by atoms with Gasteiger partial charge in [0.2, 0.25) is 10.0 Å². The van der Waals surface area contributed by atoms with Crippen molar-refractivity contribution in [1.29, 1.82) is 0 Å². The number of carbonyl (C=O) groups excluding carboxylic acids is 1. The lowest BCUT2D eigenvalue weighted by atomic mass is 10.2. The Morgan fingerprint density at radius 3 is 2.50 bits per heavy atom. The van der Waals surface area contributed by atoms with Crippen molar-refractivity contribution in [2.45, 2.75) is 37.9 Å². The second kappa shape index (κ2) is 8.54. The topological polar surface area (TPSA) is 75.5 Å². The number of carbonyl (C=O) groups is 1. The van der Waals surface area contributed by atoms with Crippen molar-refractivity contribution >= 4 is 27.5 Å². The Kier molecular flexibility index (Phi) is 6.79. The fraction of sp³-hybridized carbons (Fsp3) is 0.412. The summed E-state index contributed by atoms with van der Waals surface area (Å²) in [5, 5.41) is 0.0557. The van der Waals surface area contributed by atoms with Gasteiger partial charge in [0.05, 0.1) is 22.0 Å². The molecule has 28 heavy (non-hydrogen) atoms. The first-order valence-corrected chi connectivity index (χ1v) is 10.1. The summed E-state index contributed by atoms with van der Waals surface area (Å²) in [7, 11) is -0.986. The molecule has 0 N–H and O–H groups in total. The number of rotatable bonds is 7. The highest BCUT2D eigenvalue weighted by molar-refractivity contribution is 7.89. The van der Waals surface area contributed by atoms with Crippen molar-refractivity contribution in [2.24, 2.45) is 0 Å². The van der Waals surface area contributed by atoms with Gasteiger partial charge in [0.15, 0.2) is 0 Å². The first kappa shape index (κ1) is 22.3. The minimum atomic E-state index is -3.82. The van der Waals surface area contributed by atoms with Gasteiger partial charge in [0, 0.05) is 32.5 Å². The zero-order valence-corrected chi connectivity index (χ0v) is 17.4. The molecule has 0 bridgehead atoms. The molecule has 0 spiro atoms. The summed E-state index contributed by atoms with van der Waals surface area (Å²) in [5.74, 6) is -0.622. The quantitative estimate of drug-likeness (QED) is 0.670. The number of alkyl halides is 2. The molecule has 1 heterocycles. The minimum Gasteiger partial charge on any atom is -0.334 e. The number of hydrogen-bond acceptors (Lipinski definition) is 4. The van der Waals surface area contributed by atoms with E-state index in [0.29, 0.717) is 4.57 Å². The highest BCUT2D eigenvalue weighted by Crippen LogP contribution is 2.25. The van der Waals surface area contributed by atoms with Gasteiger partial charge in [-0.2, -0.15) is 13.1 Å². The number of benzene rings is 1. The molecular formula is C17H21ClF2N4O3S. The van der Waals surface area contributed by atoms with Crippen molar-refractivity contribution in [3.8, 4) is 0 Å². The second-order valence-electron chi connectivity index (χ2n) is 6.45. The lowest BCUT2D eigenvalue weighted by molar-refractivity contribution is 0.0612. The van der Waals surface area contributed by atoms with E-state index in [-0.39, 0.29) is 33.9 Å². The van der Waals surface area contributed by atoms with Crippen LogP contribution in [0.15, 0.2) is 35.5 Å². The molecule has 0 saturated heterocycles. The van der Waals surface area contributed by atoms with Crippen LogP contribution in [-0.4, -0.2) is 53.2 Å². The van der Waals surface area contributed by atoms with E-state index in [9.17, 15) is 22.0 Å². The fourth-order valence-corrected chi connectivity index (χ4v) is 4.00. The Morgan fingerprint density at radius 2 is 1.93 bits per heavy atom. The van der Waals surface area contributed by atoms with E-state index in [2.05, 4.69) is 4.98 Å². The number of nitrogens with zero attached hydrogens (tertiary/aromatic N) is 4. The van der Waals surface area contributed by atoms with Crippen LogP contribution in [0.1, 0.15) is 36.6 Å². The molecule has 0 saturated carbocycles. The van der Waals surface area contributed by atoms with E-state index in [1.807, 2.05) is 0 Å². The van der Waals surface area contributed by atoms with Crippen LogP contribution in [0.4, 0.5) is 8.78 Å². The zero-order chi connectivity index (χ0) is 21.2. The Labute approximate surface area is 167 Å². The summed E-state index contributed by atoms with van der Waals surface area (Å²) >= 11 is 6.09. The van der Waals surface area contributed by atoms with Crippen LogP contribution in [0.5, 0.6) is 0 Å². The Bertz CT molecular complexity index is 963. The largest absolute Gasteiger partial charge is 0.334 e. The highest BCUT2D eigenvalue weighted by atomic mass is 35.5. The molecule has 0 radical (unpaired) electrons. The lowest BCUT2D eigenvalue weighted by Gasteiger charge is -2.22. The maximum absolute atomic E-state index is 13.0. The zero-order valence-electron chi connectivity index (χ0n) is 15.8. The van der Waals surface area contributed by atoms with Crippen molar-refractivity contribution in [1.82, 2.24) is 18.8 Å². The molecule has 1 aromatic heterocycles. The molecule has 154 valence electrons. The molecule has 2 rings (SSSR count). The molecular weight excluding hydrogens is 414 g/mol. The van der Waals surface area contributed by atoms with E-state index >= 15 is 0 Å². The standard InChI is InChI=1S/C17H21ClF2N4O3S/c1-11(2)23(4)28(26,27)12-5-6-14(18)13(9-12)16(25)22(3)10-15-21-7-8-24(15)17(19)20/h5-9,11,17H,10H2,1-4H3. The molecule has 11 heteroatoms. The first-order chi connectivity index (χ1) is 13.0. The maximum Gasteiger partial charge on any atom is 0.319 e. The molecule has 0 aliphatic carbocycles. The van der Waals surface area contributed by atoms with Crippen LogP contribution < -0.4 is 0 Å². The first-order valence-electron chi connectivity index (χ1n) is 8.29. The van der Waals surface area contributed by atoms with Crippen molar-refractivity contribution in [3.63, 3.8) is 0 Å². The number of hydrogen-bond donors (Lipinski definition) is 0. The monoisotopic (exact) mass is 434 g/mol. The Balaban J connectivity index is 2.34. The van der Waals surface area contributed by atoms with Crippen LogP contribution in [0, 0.1) is 0 Å². The summed E-state index contributed by atoms with van der Waals surface area (Å²) in [4.78, 5) is 17.7. The number of imidazole rings is 1. The van der Waals surface area contributed by atoms with Crippen LogP contribution in [0.2, 0.25) is 5.02 Å². The van der Waals surface area contributed by atoms with Gasteiger partial charge in [-0.3, -0.25) is 9.36 Å². The van der Waals surface area contributed by atoms with E-state index in [4.69, 9.17) is 11.6 Å². The average molecular weight is 435 g/mol. The van der Waals surface area contributed by atoms with E-state index in [0.717, 1.165) is 11.1 Å². The molecule has 0 atom stereocenters. The van der Waals surface area contributed by atoms with Gasteiger partial charge in [-0.05, 0) is 32.0 Å². The molecule has 0 fully saturated rings. The van der Waals surface area contributed by atoms with Crippen molar-refractivity contribution in [2.75, 3.05) is 14.1 Å². The smallest absolute Gasteiger partial charge is 0.319 e. The third-order valence-electron chi connectivity index (χ3n) is 4.26. The molecule has 0 unspecified atom stereocenters. The molecule has 0 aliphatic heterocycles. The predicted octanol–water partition coefficient (Wildman–Crippen LogP) is 3.23. The van der Waals surface area contributed by atoms with Gasteiger partial charge in [-0.15, -0.1) is 0 Å². The number of aromatic nitrogens is 2. The molecule has 2 aromatic rings. The van der Waals surface area contributed by atoms with Gasteiger partial charge in [-0.25, -0.2) is 13.4 Å². The third kappa shape index (κ3) is 4.50. The summed E-state index contributed by atoms with van der Waals surface area (Å²) in [5.41, 5.74) is -0.0439. The van der Waals surface area contributed by atoms with E-state index in [1.165, 1.54) is 42.8 Å². The predicted molar refractivity (Wildman–Crippen MR) is 101 cm³/mol.